The van der Waals surface area contributed by atoms with Crippen LogP contribution in [0.5, 0.6) is 17.2 Å². The van der Waals surface area contributed by atoms with Crippen molar-refractivity contribution in [2.45, 2.75) is 32.9 Å². The van der Waals surface area contributed by atoms with Crippen LogP contribution in [0.2, 0.25) is 0 Å². The summed E-state index contributed by atoms with van der Waals surface area (Å²) in [4.78, 5) is 38.1. The van der Waals surface area contributed by atoms with Crippen LogP contribution in [0, 0.1) is 5.92 Å². The second-order valence-electron chi connectivity index (χ2n) is 8.81. The highest BCUT2D eigenvalue weighted by molar-refractivity contribution is 5.84. The molecule has 0 aliphatic rings. The van der Waals surface area contributed by atoms with E-state index in [2.05, 4.69) is 5.32 Å². The second kappa shape index (κ2) is 11.9. The number of hydrogen-bond donors (Lipinski definition) is 1. The van der Waals surface area contributed by atoms with Gasteiger partial charge >= 0.3 is 12.1 Å². The lowest BCUT2D eigenvalue weighted by Crippen LogP contribution is -2.44. The van der Waals surface area contributed by atoms with Crippen molar-refractivity contribution >= 4 is 23.0 Å². The van der Waals surface area contributed by atoms with Gasteiger partial charge in [-0.3, -0.25) is 4.79 Å². The summed E-state index contributed by atoms with van der Waals surface area (Å²) in [6.45, 7) is 3.93. The number of hydrogen-bond acceptors (Lipinski definition) is 7. The zero-order chi connectivity index (χ0) is 26.2. The van der Waals surface area contributed by atoms with Gasteiger partial charge in [0.05, 0.1) is 5.39 Å². The van der Waals surface area contributed by atoms with Crippen LogP contribution in [-0.2, 0) is 16.1 Å². The summed E-state index contributed by atoms with van der Waals surface area (Å²) in [5.74, 6) is 0.163. The first-order valence-corrected chi connectivity index (χ1v) is 11.9. The fourth-order valence-electron chi connectivity index (χ4n) is 3.62. The van der Waals surface area contributed by atoms with E-state index in [9.17, 15) is 14.4 Å². The number of nitrogens with one attached hydrogen (secondary N) is 1. The van der Waals surface area contributed by atoms with Crippen molar-refractivity contribution in [2.75, 3.05) is 0 Å². The summed E-state index contributed by atoms with van der Waals surface area (Å²) in [5, 5.41) is 2.86. The molecule has 0 saturated carbocycles. The third-order valence-electron chi connectivity index (χ3n) is 5.40. The third kappa shape index (κ3) is 6.98. The van der Waals surface area contributed by atoms with E-state index in [4.69, 9.17) is 18.6 Å². The van der Waals surface area contributed by atoms with Gasteiger partial charge in [-0.1, -0.05) is 62.4 Å². The highest BCUT2D eigenvalue weighted by atomic mass is 16.6. The Bertz CT molecular complexity index is 1410. The average Bonchev–Trinajstić information content (AvgIpc) is 2.90. The standard InChI is InChI=1S/C29H27NO7/c1-19(2)15-24(30-29(33)35-17-20-9-5-3-6-10-20)28(32)37-22-13-14-23-25(16-22)34-18-26(27(23)31)36-21-11-7-4-8-12-21/h3-14,16,18-19,24H,15,17H2,1-2H3,(H,30,33)/t24-/m1/s1. The fourth-order valence-corrected chi connectivity index (χ4v) is 3.62. The zero-order valence-electron chi connectivity index (χ0n) is 20.5. The van der Waals surface area contributed by atoms with Crippen LogP contribution in [0.1, 0.15) is 25.8 Å². The monoisotopic (exact) mass is 501 g/mol. The molecule has 1 atom stereocenters. The third-order valence-corrected chi connectivity index (χ3v) is 5.40. The Morgan fingerprint density at radius 2 is 1.62 bits per heavy atom. The van der Waals surface area contributed by atoms with E-state index in [1.165, 1.54) is 24.5 Å². The number of esters is 1. The maximum atomic E-state index is 12.9. The number of alkyl carbamates (subject to hydrolysis) is 1. The highest BCUT2D eigenvalue weighted by Crippen LogP contribution is 2.24. The number of ether oxygens (including phenoxy) is 3. The molecule has 1 amide bonds. The largest absolute Gasteiger partial charge is 0.460 e. The van der Waals surface area contributed by atoms with E-state index in [-0.39, 0.29) is 40.4 Å². The number of fused-ring (bicyclic) bond motifs is 1. The molecule has 0 radical (unpaired) electrons. The van der Waals surface area contributed by atoms with Crippen LogP contribution < -0.4 is 20.2 Å². The molecule has 0 bridgehead atoms. The lowest BCUT2D eigenvalue weighted by atomic mass is 10.0. The van der Waals surface area contributed by atoms with Gasteiger partial charge in [0.15, 0.2) is 0 Å². The van der Waals surface area contributed by atoms with Gasteiger partial charge in [0, 0.05) is 6.07 Å². The molecule has 190 valence electrons. The molecule has 1 heterocycles. The minimum Gasteiger partial charge on any atom is -0.460 e. The molecular formula is C29H27NO7. The lowest BCUT2D eigenvalue weighted by Gasteiger charge is -2.19. The van der Waals surface area contributed by atoms with E-state index in [0.29, 0.717) is 12.2 Å². The molecule has 0 unspecified atom stereocenters. The second-order valence-corrected chi connectivity index (χ2v) is 8.81. The van der Waals surface area contributed by atoms with Crippen LogP contribution in [0.3, 0.4) is 0 Å². The maximum absolute atomic E-state index is 12.9. The molecular weight excluding hydrogens is 474 g/mol. The van der Waals surface area contributed by atoms with Gasteiger partial charge in [-0.25, -0.2) is 9.59 Å². The van der Waals surface area contributed by atoms with Crippen molar-refractivity contribution in [1.82, 2.24) is 5.32 Å². The van der Waals surface area contributed by atoms with Crippen molar-refractivity contribution in [1.29, 1.82) is 0 Å². The topological polar surface area (TPSA) is 104 Å². The summed E-state index contributed by atoms with van der Waals surface area (Å²) in [6, 6.07) is 21.6. The zero-order valence-corrected chi connectivity index (χ0v) is 20.5. The van der Waals surface area contributed by atoms with Crippen LogP contribution >= 0.6 is 0 Å². The lowest BCUT2D eigenvalue weighted by molar-refractivity contribution is -0.137. The predicted octanol–water partition coefficient (Wildman–Crippen LogP) is 5.83. The molecule has 0 fully saturated rings. The fraction of sp³-hybridized carbons (Fsp3) is 0.207. The first kappa shape index (κ1) is 25.5. The molecule has 0 spiro atoms. The Morgan fingerprint density at radius 3 is 2.32 bits per heavy atom. The van der Waals surface area contributed by atoms with E-state index in [1.54, 1.807) is 24.3 Å². The normalized spacial score (nSPS) is 11.6. The minimum absolute atomic E-state index is 0.0404. The maximum Gasteiger partial charge on any atom is 0.408 e. The first-order valence-electron chi connectivity index (χ1n) is 11.9. The summed E-state index contributed by atoms with van der Waals surface area (Å²) < 4.78 is 22.0. The quantitative estimate of drug-likeness (QED) is 0.227. The van der Waals surface area contributed by atoms with Gasteiger partial charge in [0.25, 0.3) is 0 Å². The molecule has 1 N–H and O–H groups in total. The summed E-state index contributed by atoms with van der Waals surface area (Å²) in [5.41, 5.74) is 0.700. The van der Waals surface area contributed by atoms with Crippen molar-refractivity contribution in [3.63, 3.8) is 0 Å². The number of carbonyl (C=O) groups is 2. The molecule has 0 saturated heterocycles. The van der Waals surface area contributed by atoms with Gasteiger partial charge < -0.3 is 23.9 Å². The molecule has 4 aromatic rings. The molecule has 0 aliphatic carbocycles. The minimum atomic E-state index is -0.923. The average molecular weight is 502 g/mol. The van der Waals surface area contributed by atoms with Crippen molar-refractivity contribution in [3.05, 3.63) is 101 Å². The Morgan fingerprint density at radius 1 is 0.919 bits per heavy atom. The van der Waals surface area contributed by atoms with Gasteiger partial charge in [-0.15, -0.1) is 0 Å². The molecule has 8 nitrogen and oxygen atoms in total. The Balaban J connectivity index is 1.44. The first-order chi connectivity index (χ1) is 17.9. The van der Waals surface area contributed by atoms with Gasteiger partial charge in [-0.2, -0.15) is 0 Å². The van der Waals surface area contributed by atoms with Gasteiger partial charge in [0.2, 0.25) is 11.2 Å². The van der Waals surface area contributed by atoms with Crippen molar-refractivity contribution < 1.29 is 28.2 Å². The number of para-hydroxylation sites is 1. The van der Waals surface area contributed by atoms with E-state index >= 15 is 0 Å². The number of rotatable bonds is 9. The molecule has 4 rings (SSSR count). The molecule has 37 heavy (non-hydrogen) atoms. The van der Waals surface area contributed by atoms with E-state index < -0.39 is 18.1 Å². The Labute approximate surface area is 213 Å². The Hall–Kier alpha value is -4.59. The summed E-state index contributed by atoms with van der Waals surface area (Å²) in [7, 11) is 0. The van der Waals surface area contributed by atoms with Crippen LogP contribution in [0.4, 0.5) is 4.79 Å². The molecule has 3 aromatic carbocycles. The molecule has 8 heteroatoms. The van der Waals surface area contributed by atoms with Crippen LogP contribution in [-0.4, -0.2) is 18.1 Å². The van der Waals surface area contributed by atoms with Crippen molar-refractivity contribution in [3.8, 4) is 17.2 Å². The Kier molecular flexibility index (Phi) is 8.20. The van der Waals surface area contributed by atoms with Gasteiger partial charge in [-0.05, 0) is 42.2 Å². The SMILES string of the molecule is CC(C)C[C@@H](NC(=O)OCc1ccccc1)C(=O)Oc1ccc2c(=O)c(Oc3ccccc3)coc2c1. The number of benzene rings is 3. The summed E-state index contributed by atoms with van der Waals surface area (Å²) >= 11 is 0. The highest BCUT2D eigenvalue weighted by Gasteiger charge is 2.25. The molecule has 1 aromatic heterocycles. The van der Waals surface area contributed by atoms with Crippen LogP contribution in [0.25, 0.3) is 11.0 Å². The number of carbonyl (C=O) groups excluding carboxylic acids is 2. The van der Waals surface area contributed by atoms with Crippen LogP contribution in [0.15, 0.2) is 94.3 Å². The van der Waals surface area contributed by atoms with Crippen molar-refractivity contribution in [2.24, 2.45) is 5.92 Å². The predicted molar refractivity (Wildman–Crippen MR) is 138 cm³/mol. The van der Waals surface area contributed by atoms with E-state index in [0.717, 1.165) is 5.56 Å². The molecule has 0 aliphatic heterocycles. The number of amides is 1. The van der Waals surface area contributed by atoms with Gasteiger partial charge in [0.1, 0.15) is 36.0 Å². The summed E-state index contributed by atoms with van der Waals surface area (Å²) in [6.07, 6.45) is 0.846. The smallest absolute Gasteiger partial charge is 0.408 e. The van der Waals surface area contributed by atoms with E-state index in [1.807, 2.05) is 50.2 Å².